The Hall–Kier alpha value is -1.71. The first kappa shape index (κ1) is 15.7. The topological polar surface area (TPSA) is 47.6 Å². The number of esters is 1. The molecule has 2 rings (SSSR count). The number of methoxy groups -OCH3 is 1. The predicted octanol–water partition coefficient (Wildman–Crippen LogP) is 3.76. The molecule has 1 aliphatic rings. The van der Waals surface area contributed by atoms with E-state index in [0.717, 1.165) is 5.69 Å². The third-order valence-corrected chi connectivity index (χ3v) is 3.91. The maximum atomic E-state index is 11.0. The number of benzene rings is 1. The lowest BCUT2D eigenvalue weighted by Gasteiger charge is -2.22. The molecular formula is C17H25NO3. The molecule has 21 heavy (non-hydrogen) atoms. The summed E-state index contributed by atoms with van der Waals surface area (Å²) in [6, 6.07) is 8.35. The van der Waals surface area contributed by atoms with E-state index in [0.29, 0.717) is 11.8 Å². The van der Waals surface area contributed by atoms with E-state index in [9.17, 15) is 4.79 Å². The van der Waals surface area contributed by atoms with E-state index >= 15 is 0 Å². The van der Waals surface area contributed by atoms with Gasteiger partial charge in [0, 0.05) is 11.7 Å². The van der Waals surface area contributed by atoms with E-state index in [1.54, 1.807) is 0 Å². The monoisotopic (exact) mass is 291 g/mol. The van der Waals surface area contributed by atoms with Crippen molar-refractivity contribution >= 4 is 11.7 Å². The van der Waals surface area contributed by atoms with Crippen LogP contribution in [0.4, 0.5) is 5.69 Å². The standard InChI is InChI=1S/C17H25NO3/c1-20-17(19)13-21-16-11-9-15(10-12-16)18-14-7-5-3-2-4-6-8-14/h9-12,14,18H,2-8,13H2,1H3. The smallest absolute Gasteiger partial charge is 0.343 e. The van der Waals surface area contributed by atoms with Crippen LogP contribution in [0.15, 0.2) is 24.3 Å². The second-order valence-corrected chi connectivity index (χ2v) is 5.58. The molecule has 116 valence electrons. The van der Waals surface area contributed by atoms with Gasteiger partial charge in [-0.15, -0.1) is 0 Å². The number of carbonyl (C=O) groups excluding carboxylic acids is 1. The van der Waals surface area contributed by atoms with E-state index in [1.807, 2.05) is 24.3 Å². The van der Waals surface area contributed by atoms with Crippen LogP contribution in [0.25, 0.3) is 0 Å². The van der Waals surface area contributed by atoms with Gasteiger partial charge in [0.15, 0.2) is 6.61 Å². The zero-order chi connectivity index (χ0) is 14.9. The van der Waals surface area contributed by atoms with Gasteiger partial charge < -0.3 is 14.8 Å². The molecule has 4 heteroatoms. The normalized spacial score (nSPS) is 16.6. The zero-order valence-corrected chi connectivity index (χ0v) is 12.8. The molecule has 1 fully saturated rings. The van der Waals surface area contributed by atoms with Crippen LogP contribution in [0.2, 0.25) is 0 Å². The van der Waals surface area contributed by atoms with Gasteiger partial charge in [0.05, 0.1) is 7.11 Å². The van der Waals surface area contributed by atoms with Crippen molar-refractivity contribution in [1.29, 1.82) is 0 Å². The fourth-order valence-electron chi connectivity index (χ4n) is 2.68. The Morgan fingerprint density at radius 1 is 1.10 bits per heavy atom. The Kier molecular flexibility index (Phi) is 6.38. The Balaban J connectivity index is 1.82. The molecule has 1 N–H and O–H groups in total. The summed E-state index contributed by atoms with van der Waals surface area (Å²) in [6.45, 7) is -0.0497. The second kappa shape index (κ2) is 8.55. The average molecular weight is 291 g/mol. The number of ether oxygens (including phenoxy) is 2. The molecule has 0 amide bonds. The van der Waals surface area contributed by atoms with Gasteiger partial charge >= 0.3 is 5.97 Å². The van der Waals surface area contributed by atoms with Crippen LogP contribution in [0.5, 0.6) is 5.75 Å². The van der Waals surface area contributed by atoms with Crippen LogP contribution in [0.1, 0.15) is 44.9 Å². The molecule has 1 aromatic rings. The van der Waals surface area contributed by atoms with E-state index in [-0.39, 0.29) is 12.6 Å². The number of rotatable bonds is 5. The maximum absolute atomic E-state index is 11.0. The summed E-state index contributed by atoms with van der Waals surface area (Å²) in [4.78, 5) is 11.0. The fourth-order valence-corrected chi connectivity index (χ4v) is 2.68. The lowest BCUT2D eigenvalue weighted by atomic mass is 9.96. The molecule has 4 nitrogen and oxygen atoms in total. The number of nitrogens with one attached hydrogen (secondary N) is 1. The Morgan fingerprint density at radius 2 is 1.71 bits per heavy atom. The van der Waals surface area contributed by atoms with Crippen molar-refractivity contribution < 1.29 is 14.3 Å². The van der Waals surface area contributed by atoms with E-state index < -0.39 is 0 Å². The highest BCUT2D eigenvalue weighted by atomic mass is 16.6. The van der Waals surface area contributed by atoms with Crippen LogP contribution in [0, 0.1) is 0 Å². The zero-order valence-electron chi connectivity index (χ0n) is 12.8. The number of hydrogen-bond donors (Lipinski definition) is 1. The molecule has 0 heterocycles. The number of anilines is 1. The van der Waals surface area contributed by atoms with Gasteiger partial charge in [0.2, 0.25) is 0 Å². The highest BCUT2D eigenvalue weighted by Crippen LogP contribution is 2.22. The first-order chi connectivity index (χ1) is 10.3. The van der Waals surface area contributed by atoms with Crippen LogP contribution >= 0.6 is 0 Å². The highest BCUT2D eigenvalue weighted by Gasteiger charge is 2.11. The molecule has 0 radical (unpaired) electrons. The first-order valence-corrected chi connectivity index (χ1v) is 7.84. The minimum Gasteiger partial charge on any atom is -0.482 e. The third kappa shape index (κ3) is 5.66. The van der Waals surface area contributed by atoms with Crippen LogP contribution in [0.3, 0.4) is 0 Å². The maximum Gasteiger partial charge on any atom is 0.343 e. The van der Waals surface area contributed by atoms with Crippen molar-refractivity contribution in [3.05, 3.63) is 24.3 Å². The molecule has 0 aliphatic heterocycles. The molecule has 0 aromatic heterocycles. The van der Waals surface area contributed by atoms with Gasteiger partial charge in [-0.1, -0.05) is 32.1 Å². The van der Waals surface area contributed by atoms with Gasteiger partial charge in [-0.05, 0) is 37.1 Å². The van der Waals surface area contributed by atoms with Crippen molar-refractivity contribution in [3.63, 3.8) is 0 Å². The summed E-state index contributed by atoms with van der Waals surface area (Å²) in [6.07, 6.45) is 9.24. The van der Waals surface area contributed by atoms with Crippen molar-refractivity contribution in [2.45, 2.75) is 51.0 Å². The molecule has 1 aromatic carbocycles. The van der Waals surface area contributed by atoms with Gasteiger partial charge in [0.1, 0.15) is 5.75 Å². The molecule has 1 aliphatic carbocycles. The van der Waals surface area contributed by atoms with Crippen LogP contribution in [-0.2, 0) is 9.53 Å². The minimum atomic E-state index is -0.369. The minimum absolute atomic E-state index is 0.0497. The van der Waals surface area contributed by atoms with Crippen LogP contribution in [-0.4, -0.2) is 25.7 Å². The summed E-state index contributed by atoms with van der Waals surface area (Å²) in [5, 5.41) is 3.60. The summed E-state index contributed by atoms with van der Waals surface area (Å²) < 4.78 is 9.88. The van der Waals surface area contributed by atoms with E-state index in [2.05, 4.69) is 10.1 Å². The van der Waals surface area contributed by atoms with E-state index in [1.165, 1.54) is 52.1 Å². The second-order valence-electron chi connectivity index (χ2n) is 5.58. The Morgan fingerprint density at radius 3 is 2.33 bits per heavy atom. The summed E-state index contributed by atoms with van der Waals surface area (Å²) in [5.74, 6) is 0.315. The Labute approximate surface area is 126 Å². The van der Waals surface area contributed by atoms with Crippen molar-refractivity contribution in [2.24, 2.45) is 0 Å². The summed E-state index contributed by atoms with van der Waals surface area (Å²) in [7, 11) is 1.35. The van der Waals surface area contributed by atoms with Crippen molar-refractivity contribution in [2.75, 3.05) is 19.0 Å². The summed E-state index contributed by atoms with van der Waals surface area (Å²) >= 11 is 0. The molecule has 0 bridgehead atoms. The molecule has 1 saturated carbocycles. The SMILES string of the molecule is COC(=O)COc1ccc(NC2CCCCCCC2)cc1. The van der Waals surface area contributed by atoms with Crippen molar-refractivity contribution in [1.82, 2.24) is 0 Å². The highest BCUT2D eigenvalue weighted by molar-refractivity contribution is 5.70. The number of hydrogen-bond acceptors (Lipinski definition) is 4. The van der Waals surface area contributed by atoms with Crippen molar-refractivity contribution in [3.8, 4) is 5.75 Å². The van der Waals surface area contributed by atoms with Crippen LogP contribution < -0.4 is 10.1 Å². The lowest BCUT2D eigenvalue weighted by molar-refractivity contribution is -0.142. The average Bonchev–Trinajstić information content (AvgIpc) is 2.48. The molecule has 0 unspecified atom stereocenters. The van der Waals surface area contributed by atoms with Gasteiger partial charge in [0.25, 0.3) is 0 Å². The first-order valence-electron chi connectivity index (χ1n) is 7.84. The van der Waals surface area contributed by atoms with Gasteiger partial charge in [-0.2, -0.15) is 0 Å². The third-order valence-electron chi connectivity index (χ3n) is 3.91. The van der Waals surface area contributed by atoms with E-state index in [4.69, 9.17) is 4.74 Å². The fraction of sp³-hybridized carbons (Fsp3) is 0.588. The predicted molar refractivity (Wildman–Crippen MR) is 83.7 cm³/mol. The summed E-state index contributed by atoms with van der Waals surface area (Å²) in [5.41, 5.74) is 1.12. The quantitative estimate of drug-likeness (QED) is 0.839. The molecular weight excluding hydrogens is 266 g/mol. The van der Waals surface area contributed by atoms with Gasteiger partial charge in [-0.3, -0.25) is 0 Å². The largest absolute Gasteiger partial charge is 0.482 e. The Bertz CT molecular complexity index is 422. The number of carbonyl (C=O) groups is 1. The molecule has 0 saturated heterocycles. The van der Waals surface area contributed by atoms with Gasteiger partial charge in [-0.25, -0.2) is 4.79 Å². The lowest BCUT2D eigenvalue weighted by Crippen LogP contribution is -2.20. The molecule has 0 spiro atoms. The molecule has 0 atom stereocenters.